The highest BCUT2D eigenvalue weighted by molar-refractivity contribution is 8.03. The van der Waals surface area contributed by atoms with Crippen LogP contribution < -0.4 is 5.48 Å². The zero-order chi connectivity index (χ0) is 26.2. The molecule has 4 heterocycles. The summed E-state index contributed by atoms with van der Waals surface area (Å²) in [6.45, 7) is 2.14. The van der Waals surface area contributed by atoms with Gasteiger partial charge in [-0.05, 0) is 49.8 Å². The summed E-state index contributed by atoms with van der Waals surface area (Å²) < 4.78 is 27.5. The first-order valence-corrected chi connectivity index (χ1v) is 13.8. The van der Waals surface area contributed by atoms with Crippen LogP contribution in [0.4, 0.5) is 8.78 Å². The lowest BCUT2D eigenvalue weighted by molar-refractivity contribution is -0.00451. The quantitative estimate of drug-likeness (QED) is 0.409. The fraction of sp³-hybridized carbons (Fsp3) is 0.481. The number of hydrogen-bond acceptors (Lipinski definition) is 7. The lowest BCUT2D eigenvalue weighted by Crippen LogP contribution is -2.45. The van der Waals surface area contributed by atoms with Crippen molar-refractivity contribution in [2.45, 2.75) is 61.7 Å². The van der Waals surface area contributed by atoms with Crippen molar-refractivity contribution in [3.05, 3.63) is 69.5 Å². The molecular formula is C27H31ClF2N4O2S. The van der Waals surface area contributed by atoms with Crippen molar-refractivity contribution in [1.82, 2.24) is 10.4 Å². The van der Waals surface area contributed by atoms with Crippen LogP contribution in [0.15, 0.2) is 63.1 Å². The number of amidine groups is 1. The molecule has 5 rings (SSSR count). The van der Waals surface area contributed by atoms with Gasteiger partial charge in [0.15, 0.2) is 0 Å². The molecule has 1 saturated heterocycles. The number of allylic oxidation sites excluding steroid dienone is 2. The van der Waals surface area contributed by atoms with Crippen LogP contribution in [-0.4, -0.2) is 64.8 Å². The Balaban J connectivity index is 1.62. The van der Waals surface area contributed by atoms with Gasteiger partial charge in [-0.2, -0.15) is 5.48 Å². The summed E-state index contributed by atoms with van der Waals surface area (Å²) >= 11 is 8.28. The number of hydrogen-bond donors (Lipinski definition) is 2. The molecule has 3 unspecified atom stereocenters. The largest absolute Gasteiger partial charge is 0.386 e. The Hall–Kier alpha value is -2.04. The third-order valence-corrected chi connectivity index (χ3v) is 8.50. The molecular weight excluding hydrogens is 518 g/mol. The van der Waals surface area contributed by atoms with E-state index < -0.39 is 23.6 Å². The van der Waals surface area contributed by atoms with Crippen LogP contribution >= 0.6 is 23.4 Å². The van der Waals surface area contributed by atoms with Crippen molar-refractivity contribution in [3.63, 3.8) is 0 Å². The van der Waals surface area contributed by atoms with Gasteiger partial charge in [0.1, 0.15) is 23.3 Å². The Bertz CT molecular complexity index is 1190. The minimum Gasteiger partial charge on any atom is -0.386 e. The normalized spacial score (nSPS) is 29.7. The van der Waals surface area contributed by atoms with E-state index in [-0.39, 0.29) is 22.9 Å². The Labute approximate surface area is 225 Å². The van der Waals surface area contributed by atoms with E-state index in [1.165, 1.54) is 19.2 Å². The molecule has 10 heteroatoms. The summed E-state index contributed by atoms with van der Waals surface area (Å²) in [6.07, 6.45) is 7.38. The number of aliphatic hydroxyl groups is 1. The van der Waals surface area contributed by atoms with E-state index in [2.05, 4.69) is 21.9 Å². The molecule has 0 radical (unpaired) electrons. The Morgan fingerprint density at radius 3 is 2.92 bits per heavy atom. The molecule has 1 fully saturated rings. The molecule has 0 aromatic heterocycles. The van der Waals surface area contributed by atoms with Gasteiger partial charge in [0.25, 0.3) is 0 Å². The van der Waals surface area contributed by atoms with Crippen LogP contribution in [-0.2, 0) is 4.84 Å². The summed E-state index contributed by atoms with van der Waals surface area (Å²) in [5.41, 5.74) is 4.89. The number of fused-ring (bicyclic) bond motifs is 1. The maximum atomic E-state index is 14.0. The van der Waals surface area contributed by atoms with E-state index in [1.807, 2.05) is 12.2 Å². The van der Waals surface area contributed by atoms with E-state index in [1.54, 1.807) is 24.8 Å². The van der Waals surface area contributed by atoms with Gasteiger partial charge in [-0.1, -0.05) is 29.8 Å². The average molecular weight is 549 g/mol. The summed E-state index contributed by atoms with van der Waals surface area (Å²) in [5.74, 6) is 0.442. The minimum atomic E-state index is -1.10. The topological polar surface area (TPSA) is 69.4 Å². The molecule has 6 nitrogen and oxygen atoms in total. The summed E-state index contributed by atoms with van der Waals surface area (Å²) in [4.78, 5) is 17.3. The van der Waals surface area contributed by atoms with Gasteiger partial charge >= 0.3 is 0 Å². The van der Waals surface area contributed by atoms with Crippen molar-refractivity contribution >= 4 is 34.9 Å². The summed E-state index contributed by atoms with van der Waals surface area (Å²) in [5, 5.41) is 14.0. The number of alkyl halides is 1. The van der Waals surface area contributed by atoms with Gasteiger partial charge in [-0.15, -0.1) is 11.8 Å². The predicted molar refractivity (Wildman–Crippen MR) is 145 cm³/mol. The molecule has 37 heavy (non-hydrogen) atoms. The third-order valence-electron chi connectivity index (χ3n) is 7.09. The maximum Gasteiger partial charge on any atom is 0.124 e. The Morgan fingerprint density at radius 1 is 1.38 bits per heavy atom. The van der Waals surface area contributed by atoms with E-state index in [4.69, 9.17) is 26.4 Å². The van der Waals surface area contributed by atoms with E-state index >= 15 is 0 Å². The second-order valence-corrected chi connectivity index (χ2v) is 11.5. The third kappa shape index (κ3) is 5.56. The van der Waals surface area contributed by atoms with E-state index in [0.717, 1.165) is 29.2 Å². The fourth-order valence-corrected chi connectivity index (χ4v) is 6.51. The molecule has 0 aliphatic carbocycles. The number of thioether (sulfide) groups is 1. The molecule has 0 bridgehead atoms. The number of aliphatic imine (C=N–C) groups is 2. The summed E-state index contributed by atoms with van der Waals surface area (Å²) in [6, 6.07) is 3.72. The predicted octanol–water partition coefficient (Wildman–Crippen LogP) is 5.31. The molecule has 1 aromatic rings. The minimum absolute atomic E-state index is 0.0934. The van der Waals surface area contributed by atoms with Gasteiger partial charge < -0.3 is 14.8 Å². The lowest BCUT2D eigenvalue weighted by atomic mass is 9.89. The van der Waals surface area contributed by atoms with Crippen LogP contribution in [0.1, 0.15) is 44.2 Å². The molecule has 2 N–H and O–H groups in total. The highest BCUT2D eigenvalue weighted by Crippen LogP contribution is 2.46. The highest BCUT2D eigenvalue weighted by atomic mass is 35.5. The fourth-order valence-electron chi connectivity index (χ4n) is 5.29. The molecule has 1 aromatic carbocycles. The number of rotatable bonds is 9. The zero-order valence-corrected chi connectivity index (χ0v) is 22.4. The van der Waals surface area contributed by atoms with Gasteiger partial charge in [-0.3, -0.25) is 9.98 Å². The van der Waals surface area contributed by atoms with Crippen LogP contribution in [0.2, 0.25) is 5.02 Å². The zero-order valence-electron chi connectivity index (χ0n) is 20.8. The van der Waals surface area contributed by atoms with Crippen molar-refractivity contribution < 1.29 is 18.7 Å². The first-order chi connectivity index (χ1) is 17.8. The van der Waals surface area contributed by atoms with Gasteiger partial charge in [0, 0.05) is 28.3 Å². The van der Waals surface area contributed by atoms with Crippen molar-refractivity contribution in [1.29, 1.82) is 0 Å². The van der Waals surface area contributed by atoms with Crippen LogP contribution in [0.25, 0.3) is 0 Å². The Morgan fingerprint density at radius 2 is 2.22 bits per heavy atom. The lowest BCUT2D eigenvalue weighted by Gasteiger charge is -2.35. The molecule has 4 aliphatic heterocycles. The number of benzene rings is 1. The number of hydroxylamine groups is 1. The van der Waals surface area contributed by atoms with Crippen molar-refractivity contribution in [2.24, 2.45) is 9.98 Å². The second kappa shape index (κ2) is 11.0. The van der Waals surface area contributed by atoms with Gasteiger partial charge in [0.05, 0.1) is 43.4 Å². The molecule has 198 valence electrons. The maximum absolute atomic E-state index is 14.0. The van der Waals surface area contributed by atoms with Crippen molar-refractivity contribution in [3.8, 4) is 0 Å². The van der Waals surface area contributed by atoms with E-state index in [9.17, 15) is 13.9 Å². The number of nitrogens with one attached hydrogen (secondary N) is 1. The SMILES string of the molecule is CONC[C@]1(O)CC2=C(C3=NC(CCC(C)F)C=C3)[C@H](c3ccc(F)cc3Cl)N=C(C3CC=CS3)N2C1. The molecule has 5 atom stereocenters. The first-order valence-electron chi connectivity index (χ1n) is 12.5. The van der Waals surface area contributed by atoms with Crippen LogP contribution in [0, 0.1) is 5.82 Å². The van der Waals surface area contributed by atoms with Crippen LogP contribution in [0.5, 0.6) is 0 Å². The standard InChI is InChI=1S/C27H31ClF2N4O2S/c1-16(29)5-7-18-8-10-21(32-18)24-22-13-27(35,14-31-36-2)15-34(22)26(23-4-3-11-37-23)33-25(24)19-9-6-17(30)12-20(19)28/h3,6,8-12,16,18,23,25,31,35H,4-5,7,13-15H2,1-2H3/t16?,18?,23?,25-,27+/m0/s1. The summed E-state index contributed by atoms with van der Waals surface area (Å²) in [7, 11) is 1.52. The van der Waals surface area contributed by atoms with Crippen molar-refractivity contribution in [2.75, 3.05) is 20.2 Å². The monoisotopic (exact) mass is 548 g/mol. The molecule has 0 spiro atoms. The number of nitrogens with zero attached hydrogens (tertiary/aromatic N) is 3. The average Bonchev–Trinajstić information content (AvgIpc) is 3.61. The first kappa shape index (κ1) is 26.6. The van der Waals surface area contributed by atoms with Crippen LogP contribution in [0.3, 0.4) is 0 Å². The molecule has 0 amide bonds. The highest BCUT2D eigenvalue weighted by Gasteiger charge is 2.48. The smallest absolute Gasteiger partial charge is 0.124 e. The molecule has 0 saturated carbocycles. The van der Waals surface area contributed by atoms with Gasteiger partial charge in [-0.25, -0.2) is 8.78 Å². The second-order valence-electron chi connectivity index (χ2n) is 9.96. The number of halogens is 3. The molecule has 4 aliphatic rings. The van der Waals surface area contributed by atoms with E-state index in [0.29, 0.717) is 31.4 Å². The Kier molecular flexibility index (Phi) is 7.88. The van der Waals surface area contributed by atoms with Gasteiger partial charge in [0.2, 0.25) is 0 Å².